The number of rotatable bonds is 4. The van der Waals surface area contributed by atoms with Gasteiger partial charge in [-0.1, -0.05) is 0 Å². The number of hydrogen-bond donors (Lipinski definition) is 0. The van der Waals surface area contributed by atoms with Crippen molar-refractivity contribution in [3.05, 3.63) is 24.2 Å². The van der Waals surface area contributed by atoms with Gasteiger partial charge in [-0.3, -0.25) is 0 Å². The predicted molar refractivity (Wildman–Crippen MR) is 59.3 cm³/mol. The molecule has 0 aliphatic heterocycles. The molecule has 1 heterocycles. The number of furan rings is 1. The van der Waals surface area contributed by atoms with Crippen LogP contribution in [0.5, 0.6) is 0 Å². The van der Waals surface area contributed by atoms with E-state index in [0.29, 0.717) is 6.42 Å². The summed E-state index contributed by atoms with van der Waals surface area (Å²) in [6, 6.07) is 3.76. The topological polar surface area (TPSA) is 22.4 Å². The smallest absolute Gasteiger partial charge is 0.184 e. The fourth-order valence-corrected chi connectivity index (χ4v) is 2.26. The quantitative estimate of drug-likeness (QED) is 0.560. The maximum absolute atomic E-state index is 5.93. The second-order valence-electron chi connectivity index (χ2n) is 4.14. The van der Waals surface area contributed by atoms with Crippen molar-refractivity contribution in [2.24, 2.45) is 0 Å². The summed E-state index contributed by atoms with van der Waals surface area (Å²) in [5.41, 5.74) is 0. The van der Waals surface area contributed by atoms with Crippen molar-refractivity contribution in [3.8, 4) is 12.3 Å². The maximum Gasteiger partial charge on any atom is 0.184 e. The Morgan fingerprint density at radius 2 is 2.29 bits per heavy atom. The van der Waals surface area contributed by atoms with Gasteiger partial charge in [0.1, 0.15) is 11.9 Å². The number of hydrogen-bond acceptors (Lipinski definition) is 2. The highest BCUT2D eigenvalue weighted by Crippen LogP contribution is 2.25. The summed E-state index contributed by atoms with van der Waals surface area (Å²) in [7, 11) is -1.57. The Balaban J connectivity index is 2.71. The molecule has 0 aliphatic rings. The Bertz CT molecular complexity index is 303. The van der Waals surface area contributed by atoms with Gasteiger partial charge >= 0.3 is 0 Å². The molecule has 1 unspecified atom stereocenters. The normalized spacial score (nSPS) is 13.6. The molecule has 3 heteroatoms. The molecule has 0 amide bonds. The first-order valence-electron chi connectivity index (χ1n) is 4.67. The second kappa shape index (κ2) is 4.49. The largest absolute Gasteiger partial charge is 0.467 e. The van der Waals surface area contributed by atoms with Gasteiger partial charge in [-0.05, 0) is 31.8 Å². The van der Waals surface area contributed by atoms with Crippen LogP contribution in [0.2, 0.25) is 19.6 Å². The van der Waals surface area contributed by atoms with E-state index in [0.717, 1.165) is 5.76 Å². The highest BCUT2D eigenvalue weighted by atomic mass is 28.4. The molecule has 0 N–H and O–H groups in total. The molecule has 0 fully saturated rings. The average Bonchev–Trinajstić information content (AvgIpc) is 2.52. The van der Waals surface area contributed by atoms with E-state index in [1.165, 1.54) is 0 Å². The van der Waals surface area contributed by atoms with E-state index in [-0.39, 0.29) is 6.10 Å². The first kappa shape index (κ1) is 11.1. The highest BCUT2D eigenvalue weighted by Gasteiger charge is 2.23. The van der Waals surface area contributed by atoms with Crippen molar-refractivity contribution in [2.45, 2.75) is 32.2 Å². The summed E-state index contributed by atoms with van der Waals surface area (Å²) < 4.78 is 11.2. The average molecular weight is 208 g/mol. The molecule has 76 valence electrons. The summed E-state index contributed by atoms with van der Waals surface area (Å²) in [4.78, 5) is 0. The van der Waals surface area contributed by atoms with E-state index in [1.54, 1.807) is 6.26 Å². The molecule has 14 heavy (non-hydrogen) atoms. The SMILES string of the molecule is C#CCC(O[Si](C)(C)C)c1ccco1. The Hall–Kier alpha value is -0.983. The van der Waals surface area contributed by atoms with Crippen molar-refractivity contribution in [3.63, 3.8) is 0 Å². The molecule has 0 aliphatic carbocycles. The van der Waals surface area contributed by atoms with E-state index >= 15 is 0 Å². The summed E-state index contributed by atoms with van der Waals surface area (Å²) in [6.07, 6.45) is 7.43. The molecule has 1 rings (SSSR count). The maximum atomic E-state index is 5.93. The fraction of sp³-hybridized carbons (Fsp3) is 0.455. The van der Waals surface area contributed by atoms with Gasteiger partial charge in [-0.2, -0.15) is 0 Å². The molecule has 0 spiro atoms. The zero-order valence-corrected chi connectivity index (χ0v) is 9.91. The van der Waals surface area contributed by atoms with Crippen LogP contribution in [-0.4, -0.2) is 8.32 Å². The molecular formula is C11H16O2Si. The Labute approximate surface area is 86.4 Å². The van der Waals surface area contributed by atoms with Crippen LogP contribution in [0.3, 0.4) is 0 Å². The molecule has 0 aromatic carbocycles. The van der Waals surface area contributed by atoms with Crippen molar-refractivity contribution in [1.82, 2.24) is 0 Å². The fourth-order valence-electron chi connectivity index (χ4n) is 1.21. The third-order valence-corrected chi connectivity index (χ3v) is 2.65. The van der Waals surface area contributed by atoms with Crippen LogP contribution in [0, 0.1) is 12.3 Å². The van der Waals surface area contributed by atoms with Gasteiger partial charge < -0.3 is 8.84 Å². The van der Waals surface area contributed by atoms with Gasteiger partial charge in [0, 0.05) is 6.42 Å². The van der Waals surface area contributed by atoms with E-state index < -0.39 is 8.32 Å². The standard InChI is InChI=1S/C11H16O2Si/c1-5-7-11(13-14(2,3)4)10-8-6-9-12-10/h1,6,8-9,11H,7H2,2-4H3. The molecule has 0 bridgehead atoms. The Kier molecular flexibility index (Phi) is 3.56. The van der Waals surface area contributed by atoms with Crippen LogP contribution in [0.1, 0.15) is 18.3 Å². The van der Waals surface area contributed by atoms with Gasteiger partial charge in [0.2, 0.25) is 0 Å². The molecule has 2 nitrogen and oxygen atoms in total. The minimum Gasteiger partial charge on any atom is -0.467 e. The third-order valence-electron chi connectivity index (χ3n) is 1.66. The van der Waals surface area contributed by atoms with Gasteiger partial charge in [-0.25, -0.2) is 0 Å². The summed E-state index contributed by atoms with van der Waals surface area (Å²) in [6.45, 7) is 6.42. The minimum absolute atomic E-state index is 0.0818. The molecule has 1 aromatic rings. The van der Waals surface area contributed by atoms with Crippen LogP contribution in [-0.2, 0) is 4.43 Å². The first-order valence-corrected chi connectivity index (χ1v) is 8.08. The molecule has 1 aromatic heterocycles. The molecule has 0 radical (unpaired) electrons. The zero-order chi connectivity index (χ0) is 10.6. The van der Waals surface area contributed by atoms with Crippen molar-refractivity contribution in [1.29, 1.82) is 0 Å². The molecule has 1 atom stereocenters. The lowest BCUT2D eigenvalue weighted by Gasteiger charge is -2.23. The second-order valence-corrected chi connectivity index (χ2v) is 8.60. The first-order chi connectivity index (χ1) is 6.53. The van der Waals surface area contributed by atoms with Gasteiger partial charge in [0.15, 0.2) is 8.32 Å². The molecular weight excluding hydrogens is 192 g/mol. The lowest BCUT2D eigenvalue weighted by atomic mass is 10.2. The van der Waals surface area contributed by atoms with Crippen molar-refractivity contribution < 1.29 is 8.84 Å². The molecule has 0 saturated heterocycles. The molecule has 0 saturated carbocycles. The summed E-state index contributed by atoms with van der Waals surface area (Å²) in [5.74, 6) is 3.44. The van der Waals surface area contributed by atoms with Gasteiger partial charge in [-0.15, -0.1) is 12.3 Å². The van der Waals surface area contributed by atoms with Crippen LogP contribution in [0.4, 0.5) is 0 Å². The monoisotopic (exact) mass is 208 g/mol. The van der Waals surface area contributed by atoms with Crippen LogP contribution >= 0.6 is 0 Å². The minimum atomic E-state index is -1.57. The summed E-state index contributed by atoms with van der Waals surface area (Å²) >= 11 is 0. The van der Waals surface area contributed by atoms with E-state index in [4.69, 9.17) is 15.3 Å². The predicted octanol–water partition coefficient (Wildman–Crippen LogP) is 3.20. The van der Waals surface area contributed by atoms with Gasteiger partial charge in [0.05, 0.1) is 6.26 Å². The van der Waals surface area contributed by atoms with Crippen molar-refractivity contribution >= 4 is 8.32 Å². The Morgan fingerprint density at radius 3 is 2.71 bits per heavy atom. The van der Waals surface area contributed by atoms with Crippen LogP contribution in [0.25, 0.3) is 0 Å². The van der Waals surface area contributed by atoms with Crippen LogP contribution < -0.4 is 0 Å². The Morgan fingerprint density at radius 1 is 1.57 bits per heavy atom. The number of terminal acetylenes is 1. The zero-order valence-electron chi connectivity index (χ0n) is 8.91. The van der Waals surface area contributed by atoms with E-state index in [2.05, 4.69) is 25.6 Å². The lowest BCUT2D eigenvalue weighted by molar-refractivity contribution is 0.174. The van der Waals surface area contributed by atoms with Crippen molar-refractivity contribution in [2.75, 3.05) is 0 Å². The third kappa shape index (κ3) is 3.41. The van der Waals surface area contributed by atoms with Gasteiger partial charge in [0.25, 0.3) is 0 Å². The lowest BCUT2D eigenvalue weighted by Crippen LogP contribution is -2.27. The summed E-state index contributed by atoms with van der Waals surface area (Å²) in [5, 5.41) is 0. The highest BCUT2D eigenvalue weighted by molar-refractivity contribution is 6.69. The van der Waals surface area contributed by atoms with E-state index in [9.17, 15) is 0 Å². The van der Waals surface area contributed by atoms with E-state index in [1.807, 2.05) is 12.1 Å². The van der Waals surface area contributed by atoms with Crippen LogP contribution in [0.15, 0.2) is 22.8 Å².